The van der Waals surface area contributed by atoms with E-state index in [2.05, 4.69) is 5.10 Å². The summed E-state index contributed by atoms with van der Waals surface area (Å²) in [6.45, 7) is 4.13. The van der Waals surface area contributed by atoms with Gasteiger partial charge in [0.1, 0.15) is 5.15 Å². The van der Waals surface area contributed by atoms with Crippen LogP contribution in [0.4, 0.5) is 0 Å². The van der Waals surface area contributed by atoms with Crippen LogP contribution in [0.2, 0.25) is 5.15 Å². The molecule has 5 nitrogen and oxygen atoms in total. The number of carbonyl (C=O) groups is 1. The molecule has 0 aliphatic carbocycles. The lowest BCUT2D eigenvalue weighted by Crippen LogP contribution is -2.30. The third-order valence-corrected chi connectivity index (χ3v) is 3.26. The van der Waals surface area contributed by atoms with E-state index in [1.165, 1.54) is 4.68 Å². The van der Waals surface area contributed by atoms with Crippen LogP contribution in [0.5, 0.6) is 0 Å². The van der Waals surface area contributed by atoms with E-state index >= 15 is 0 Å². The maximum Gasteiger partial charge on any atom is 0.258 e. The highest BCUT2D eigenvalue weighted by Crippen LogP contribution is 2.21. The molecule has 18 heavy (non-hydrogen) atoms. The van der Waals surface area contributed by atoms with E-state index in [0.717, 1.165) is 0 Å². The van der Waals surface area contributed by atoms with Crippen molar-refractivity contribution >= 4 is 17.5 Å². The van der Waals surface area contributed by atoms with E-state index in [0.29, 0.717) is 35.8 Å². The zero-order chi connectivity index (χ0) is 13.9. The van der Waals surface area contributed by atoms with Gasteiger partial charge in [0.05, 0.1) is 17.4 Å². The molecule has 0 aromatic carbocycles. The molecule has 1 unspecified atom stereocenters. The molecule has 0 saturated carbocycles. The molecule has 0 aliphatic rings. The number of rotatable bonds is 5. The first-order valence-electron chi connectivity index (χ1n) is 6.03. The molecule has 0 radical (unpaired) electrons. The third-order valence-electron chi connectivity index (χ3n) is 2.83. The van der Waals surface area contributed by atoms with Gasteiger partial charge in [-0.15, -0.1) is 0 Å². The Morgan fingerprint density at radius 2 is 2.22 bits per heavy atom. The highest BCUT2D eigenvalue weighted by Gasteiger charge is 2.23. The molecule has 6 heteroatoms. The monoisotopic (exact) mass is 273 g/mol. The van der Waals surface area contributed by atoms with Gasteiger partial charge in [0.2, 0.25) is 0 Å². The van der Waals surface area contributed by atoms with E-state index < -0.39 is 6.10 Å². The Kier molecular flexibility index (Phi) is 5.16. The normalized spacial score (nSPS) is 12.6. The van der Waals surface area contributed by atoms with Gasteiger partial charge in [-0.2, -0.15) is 5.10 Å². The van der Waals surface area contributed by atoms with Crippen LogP contribution in [0.1, 0.15) is 36.3 Å². The fraction of sp³-hybridized carbons (Fsp3) is 0.667. The van der Waals surface area contributed by atoms with E-state index in [4.69, 9.17) is 11.6 Å². The minimum atomic E-state index is -0.421. The number of carbonyl (C=O) groups excluding carboxylic acids is 1. The van der Waals surface area contributed by atoms with Gasteiger partial charge < -0.3 is 10.0 Å². The molecule has 0 spiro atoms. The van der Waals surface area contributed by atoms with E-state index in [1.54, 1.807) is 25.9 Å². The fourth-order valence-electron chi connectivity index (χ4n) is 1.69. The van der Waals surface area contributed by atoms with Crippen molar-refractivity contribution < 1.29 is 9.90 Å². The van der Waals surface area contributed by atoms with Gasteiger partial charge in [0.15, 0.2) is 0 Å². The molecule has 102 valence electrons. The highest BCUT2D eigenvalue weighted by atomic mass is 35.5. The summed E-state index contributed by atoms with van der Waals surface area (Å²) in [6.07, 6.45) is 0.781. The minimum Gasteiger partial charge on any atom is -0.393 e. The van der Waals surface area contributed by atoms with E-state index in [1.807, 2.05) is 6.92 Å². The summed E-state index contributed by atoms with van der Waals surface area (Å²) in [4.78, 5) is 13.8. The molecule has 1 aromatic heterocycles. The van der Waals surface area contributed by atoms with Crippen LogP contribution in [0.15, 0.2) is 0 Å². The lowest BCUT2D eigenvalue weighted by Gasteiger charge is -2.18. The van der Waals surface area contributed by atoms with Gasteiger partial charge in [-0.25, -0.2) is 0 Å². The van der Waals surface area contributed by atoms with Gasteiger partial charge in [-0.05, 0) is 19.8 Å². The van der Waals surface area contributed by atoms with E-state index in [9.17, 15) is 9.90 Å². The van der Waals surface area contributed by atoms with Crippen molar-refractivity contribution in [2.24, 2.45) is 7.05 Å². The Bertz CT molecular complexity index is 429. The molecule has 0 bridgehead atoms. The molecular weight excluding hydrogens is 254 g/mol. The summed E-state index contributed by atoms with van der Waals surface area (Å²) < 4.78 is 1.51. The molecule has 1 N–H and O–H groups in total. The van der Waals surface area contributed by atoms with Crippen LogP contribution in [0.3, 0.4) is 0 Å². The van der Waals surface area contributed by atoms with Crippen LogP contribution in [-0.4, -0.2) is 45.4 Å². The summed E-state index contributed by atoms with van der Waals surface area (Å²) in [7, 11) is 3.42. The van der Waals surface area contributed by atoms with Crippen LogP contribution in [0.25, 0.3) is 0 Å². The number of aryl methyl sites for hydroxylation is 2. The molecule has 1 atom stereocenters. The average Bonchev–Trinajstić information content (AvgIpc) is 2.61. The number of halogens is 1. The Morgan fingerprint density at radius 3 is 2.72 bits per heavy atom. The summed E-state index contributed by atoms with van der Waals surface area (Å²) in [5.74, 6) is -0.148. The number of hydrogen-bond donors (Lipinski definition) is 1. The third kappa shape index (κ3) is 3.23. The Labute approximate surface area is 112 Å². The zero-order valence-electron chi connectivity index (χ0n) is 11.3. The first kappa shape index (κ1) is 15.0. The van der Waals surface area contributed by atoms with Crippen molar-refractivity contribution in [2.45, 2.75) is 32.8 Å². The number of aliphatic hydroxyl groups is 1. The molecule has 0 saturated heterocycles. The van der Waals surface area contributed by atoms with Crippen molar-refractivity contribution in [3.63, 3.8) is 0 Å². The summed E-state index contributed by atoms with van der Waals surface area (Å²) >= 11 is 6.10. The minimum absolute atomic E-state index is 0.148. The first-order valence-corrected chi connectivity index (χ1v) is 6.41. The lowest BCUT2D eigenvalue weighted by molar-refractivity contribution is 0.0768. The van der Waals surface area contributed by atoms with Crippen LogP contribution < -0.4 is 0 Å². The molecule has 1 rings (SSSR count). The Balaban J connectivity index is 2.89. The zero-order valence-corrected chi connectivity index (χ0v) is 12.0. The average molecular weight is 274 g/mol. The quantitative estimate of drug-likeness (QED) is 0.884. The van der Waals surface area contributed by atoms with Crippen molar-refractivity contribution in [3.05, 3.63) is 16.4 Å². The number of aliphatic hydroxyl groups excluding tert-OH is 1. The van der Waals surface area contributed by atoms with Gasteiger partial charge >= 0.3 is 0 Å². The topological polar surface area (TPSA) is 58.4 Å². The van der Waals surface area contributed by atoms with Crippen LogP contribution in [-0.2, 0) is 13.5 Å². The second-order valence-corrected chi connectivity index (χ2v) is 4.81. The van der Waals surface area contributed by atoms with Crippen molar-refractivity contribution in [1.82, 2.24) is 14.7 Å². The SMILES string of the molecule is CCc1nn(C)c(Cl)c1C(=O)N(C)CCC(C)O. The van der Waals surface area contributed by atoms with Gasteiger partial charge in [-0.3, -0.25) is 9.48 Å². The second-order valence-electron chi connectivity index (χ2n) is 4.45. The molecule has 0 fully saturated rings. The summed E-state index contributed by atoms with van der Waals surface area (Å²) in [6, 6.07) is 0. The molecule has 0 aliphatic heterocycles. The number of amides is 1. The largest absolute Gasteiger partial charge is 0.393 e. The highest BCUT2D eigenvalue weighted by molar-refractivity contribution is 6.33. The van der Waals surface area contributed by atoms with Gasteiger partial charge in [-0.1, -0.05) is 18.5 Å². The standard InChI is InChI=1S/C12H20ClN3O2/c1-5-9-10(11(13)16(4)14-9)12(18)15(3)7-6-8(2)17/h8,17H,5-7H2,1-4H3. The van der Waals surface area contributed by atoms with Crippen molar-refractivity contribution in [3.8, 4) is 0 Å². The summed E-state index contributed by atoms with van der Waals surface area (Å²) in [5, 5.41) is 13.8. The molecular formula is C12H20ClN3O2. The lowest BCUT2D eigenvalue weighted by atomic mass is 10.2. The maximum absolute atomic E-state index is 12.3. The first-order chi connectivity index (χ1) is 8.38. The predicted octanol–water partition coefficient (Wildman–Crippen LogP) is 1.48. The Morgan fingerprint density at radius 1 is 1.61 bits per heavy atom. The van der Waals surface area contributed by atoms with Crippen LogP contribution in [0, 0.1) is 0 Å². The Hall–Kier alpha value is -1.07. The predicted molar refractivity (Wildman–Crippen MR) is 70.9 cm³/mol. The second kappa shape index (κ2) is 6.20. The van der Waals surface area contributed by atoms with E-state index in [-0.39, 0.29) is 5.91 Å². The number of nitrogens with zero attached hydrogens (tertiary/aromatic N) is 3. The molecule has 1 aromatic rings. The summed E-state index contributed by atoms with van der Waals surface area (Å²) in [5.41, 5.74) is 1.17. The van der Waals surface area contributed by atoms with Crippen molar-refractivity contribution in [2.75, 3.05) is 13.6 Å². The molecule has 1 heterocycles. The maximum atomic E-state index is 12.3. The van der Waals surface area contributed by atoms with Gasteiger partial charge in [0, 0.05) is 20.6 Å². The number of hydrogen-bond acceptors (Lipinski definition) is 3. The van der Waals surface area contributed by atoms with Crippen molar-refractivity contribution in [1.29, 1.82) is 0 Å². The fourth-order valence-corrected chi connectivity index (χ4v) is 1.92. The number of aromatic nitrogens is 2. The van der Waals surface area contributed by atoms with Gasteiger partial charge in [0.25, 0.3) is 5.91 Å². The smallest absolute Gasteiger partial charge is 0.258 e. The molecule has 1 amide bonds. The van der Waals surface area contributed by atoms with Crippen LogP contribution >= 0.6 is 11.6 Å².